The summed E-state index contributed by atoms with van der Waals surface area (Å²) >= 11 is 3.45. The van der Waals surface area contributed by atoms with Crippen LogP contribution in [0.5, 0.6) is 0 Å². The molecule has 0 aromatic carbocycles. The average molecular weight is 316 g/mol. The molecule has 0 saturated heterocycles. The minimum absolute atomic E-state index is 0.0825. The lowest BCUT2D eigenvalue weighted by molar-refractivity contribution is 0.00899. The van der Waals surface area contributed by atoms with Crippen LogP contribution in [0.3, 0.4) is 0 Å². The van der Waals surface area contributed by atoms with Gasteiger partial charge in [0.15, 0.2) is 0 Å². The Morgan fingerprint density at radius 2 is 2.22 bits per heavy atom. The molecule has 0 saturated carbocycles. The molecule has 5 nitrogen and oxygen atoms in total. The molecular weight excluding hydrogens is 298 g/mol. The van der Waals surface area contributed by atoms with E-state index in [1.165, 1.54) is 0 Å². The monoisotopic (exact) mass is 315 g/mol. The number of hydrogen-bond donors (Lipinski definition) is 0. The van der Waals surface area contributed by atoms with Crippen LogP contribution >= 0.6 is 15.9 Å². The zero-order chi connectivity index (χ0) is 13.5. The maximum absolute atomic E-state index is 12.1. The highest BCUT2D eigenvalue weighted by Gasteiger charge is 2.31. The van der Waals surface area contributed by atoms with Gasteiger partial charge in [-0.15, -0.1) is 0 Å². The molecule has 0 radical (unpaired) electrons. The number of aromatic nitrogens is 2. The van der Waals surface area contributed by atoms with Crippen molar-refractivity contribution >= 4 is 22.0 Å². The van der Waals surface area contributed by atoms with Crippen LogP contribution < -0.4 is 0 Å². The number of halogens is 1. The Labute approximate surface area is 115 Å². The number of hydrogen-bond acceptors (Lipinski definition) is 3. The van der Waals surface area contributed by atoms with Gasteiger partial charge in [-0.3, -0.25) is 9.58 Å². The molecule has 0 fully saturated rings. The number of carbonyl (C=O) groups is 1. The van der Waals surface area contributed by atoms with Gasteiger partial charge in [0.2, 0.25) is 0 Å². The van der Waals surface area contributed by atoms with Crippen LogP contribution in [0.1, 0.15) is 33.4 Å². The Kier molecular flexibility index (Phi) is 3.40. The van der Waals surface area contributed by atoms with Crippen molar-refractivity contribution in [1.29, 1.82) is 0 Å². The zero-order valence-electron chi connectivity index (χ0n) is 11.1. The highest BCUT2D eigenvalue weighted by molar-refractivity contribution is 9.10. The number of fused-ring (bicyclic) bond motifs is 1. The SMILES string of the molecule is CC1Cn2ncc(Br)c2CN1C(=O)OC(C)(C)C. The molecule has 1 aliphatic heterocycles. The van der Waals surface area contributed by atoms with Gasteiger partial charge < -0.3 is 4.74 Å². The highest BCUT2D eigenvalue weighted by Crippen LogP contribution is 2.25. The van der Waals surface area contributed by atoms with Crippen LogP contribution in [0.25, 0.3) is 0 Å². The lowest BCUT2D eigenvalue weighted by atomic mass is 10.2. The molecule has 1 aliphatic rings. The van der Waals surface area contributed by atoms with E-state index in [0.29, 0.717) is 13.1 Å². The number of ether oxygens (including phenoxy) is 1. The van der Waals surface area contributed by atoms with Crippen LogP contribution in [-0.2, 0) is 17.8 Å². The van der Waals surface area contributed by atoms with Gasteiger partial charge in [0.1, 0.15) is 5.60 Å². The van der Waals surface area contributed by atoms with Crippen molar-refractivity contribution in [2.75, 3.05) is 0 Å². The molecular formula is C12H18BrN3O2. The Balaban J connectivity index is 2.16. The van der Waals surface area contributed by atoms with Crippen LogP contribution in [0, 0.1) is 0 Å². The second kappa shape index (κ2) is 4.57. The van der Waals surface area contributed by atoms with Gasteiger partial charge in [0.05, 0.1) is 35.5 Å². The zero-order valence-corrected chi connectivity index (χ0v) is 12.7. The number of nitrogens with zero attached hydrogens (tertiary/aromatic N) is 3. The van der Waals surface area contributed by atoms with Gasteiger partial charge in [0.25, 0.3) is 0 Å². The van der Waals surface area contributed by atoms with Gasteiger partial charge in [-0.1, -0.05) is 0 Å². The van der Waals surface area contributed by atoms with Crippen LogP contribution in [0.4, 0.5) is 4.79 Å². The number of amides is 1. The standard InChI is InChI=1S/C12H18BrN3O2/c1-8-6-16-10(9(13)5-14-16)7-15(8)11(17)18-12(2,3)4/h5,8H,6-7H2,1-4H3. The first kappa shape index (κ1) is 13.4. The molecule has 1 atom stereocenters. The lowest BCUT2D eigenvalue weighted by Crippen LogP contribution is -2.47. The van der Waals surface area contributed by atoms with E-state index in [4.69, 9.17) is 4.74 Å². The molecule has 100 valence electrons. The molecule has 0 bridgehead atoms. The predicted octanol–water partition coefficient (Wildman–Crippen LogP) is 2.78. The number of rotatable bonds is 0. The molecule has 2 heterocycles. The molecule has 6 heteroatoms. The van der Waals surface area contributed by atoms with Crippen molar-refractivity contribution in [3.8, 4) is 0 Å². The summed E-state index contributed by atoms with van der Waals surface area (Å²) in [7, 11) is 0. The van der Waals surface area contributed by atoms with Crippen molar-refractivity contribution in [3.63, 3.8) is 0 Å². The number of carbonyl (C=O) groups excluding carboxylic acids is 1. The van der Waals surface area contributed by atoms with Crippen LogP contribution in [0.2, 0.25) is 0 Å². The molecule has 18 heavy (non-hydrogen) atoms. The van der Waals surface area contributed by atoms with E-state index in [1.54, 1.807) is 11.1 Å². The van der Waals surface area contributed by atoms with Crippen LogP contribution in [0.15, 0.2) is 10.7 Å². The van der Waals surface area contributed by atoms with Gasteiger partial charge >= 0.3 is 6.09 Å². The van der Waals surface area contributed by atoms with Crippen molar-refractivity contribution in [2.45, 2.75) is 52.4 Å². The smallest absolute Gasteiger partial charge is 0.410 e. The van der Waals surface area contributed by atoms with Gasteiger partial charge in [-0.2, -0.15) is 5.10 Å². The Morgan fingerprint density at radius 1 is 1.56 bits per heavy atom. The van der Waals surface area contributed by atoms with E-state index in [1.807, 2.05) is 32.4 Å². The summed E-state index contributed by atoms with van der Waals surface area (Å²) in [6.07, 6.45) is 1.50. The minimum atomic E-state index is -0.467. The summed E-state index contributed by atoms with van der Waals surface area (Å²) in [6.45, 7) is 8.85. The first-order valence-electron chi connectivity index (χ1n) is 5.98. The molecule has 1 aromatic rings. The van der Waals surface area contributed by atoms with E-state index in [0.717, 1.165) is 10.2 Å². The van der Waals surface area contributed by atoms with Gasteiger partial charge in [-0.25, -0.2) is 4.79 Å². The molecule has 1 aromatic heterocycles. The topological polar surface area (TPSA) is 47.4 Å². The second-order valence-electron chi connectivity index (χ2n) is 5.58. The van der Waals surface area contributed by atoms with E-state index >= 15 is 0 Å². The fourth-order valence-corrected chi connectivity index (χ4v) is 2.36. The first-order valence-corrected chi connectivity index (χ1v) is 6.77. The fraction of sp³-hybridized carbons (Fsp3) is 0.667. The third-order valence-corrected chi connectivity index (χ3v) is 3.48. The summed E-state index contributed by atoms with van der Waals surface area (Å²) < 4.78 is 8.28. The lowest BCUT2D eigenvalue weighted by Gasteiger charge is -2.35. The van der Waals surface area contributed by atoms with Gasteiger partial charge in [-0.05, 0) is 43.6 Å². The molecule has 1 unspecified atom stereocenters. The van der Waals surface area contributed by atoms with Crippen molar-refractivity contribution in [3.05, 3.63) is 16.4 Å². The third-order valence-electron chi connectivity index (χ3n) is 2.82. The van der Waals surface area contributed by atoms with E-state index in [-0.39, 0.29) is 12.1 Å². The summed E-state index contributed by atoms with van der Waals surface area (Å²) in [5, 5.41) is 4.27. The third kappa shape index (κ3) is 2.68. The molecule has 0 N–H and O–H groups in total. The van der Waals surface area contributed by atoms with Crippen molar-refractivity contribution < 1.29 is 9.53 Å². The molecule has 2 rings (SSSR count). The normalized spacial score (nSPS) is 19.6. The fourth-order valence-electron chi connectivity index (χ4n) is 1.93. The Morgan fingerprint density at radius 3 is 2.83 bits per heavy atom. The van der Waals surface area contributed by atoms with Gasteiger partial charge in [0, 0.05) is 0 Å². The quantitative estimate of drug-likeness (QED) is 0.739. The summed E-state index contributed by atoms with van der Waals surface area (Å²) in [4.78, 5) is 13.9. The molecule has 0 spiro atoms. The van der Waals surface area contributed by atoms with Crippen LogP contribution in [-0.4, -0.2) is 32.4 Å². The van der Waals surface area contributed by atoms with Crippen molar-refractivity contribution in [1.82, 2.24) is 14.7 Å². The summed E-state index contributed by atoms with van der Waals surface area (Å²) in [5.74, 6) is 0. The van der Waals surface area contributed by atoms with E-state index in [9.17, 15) is 4.79 Å². The molecule has 0 aliphatic carbocycles. The maximum Gasteiger partial charge on any atom is 0.410 e. The maximum atomic E-state index is 12.1. The van der Waals surface area contributed by atoms with Crippen molar-refractivity contribution in [2.24, 2.45) is 0 Å². The summed E-state index contributed by atoms with van der Waals surface area (Å²) in [5.41, 5.74) is 0.546. The van der Waals surface area contributed by atoms with E-state index < -0.39 is 5.60 Å². The summed E-state index contributed by atoms with van der Waals surface area (Å²) in [6, 6.07) is 0.0825. The largest absolute Gasteiger partial charge is 0.444 e. The highest BCUT2D eigenvalue weighted by atomic mass is 79.9. The second-order valence-corrected chi connectivity index (χ2v) is 6.43. The van der Waals surface area contributed by atoms with E-state index in [2.05, 4.69) is 21.0 Å². The Hall–Kier alpha value is -1.04. The Bertz CT molecular complexity index is 464. The first-order chi connectivity index (χ1) is 8.28. The molecule has 1 amide bonds. The minimum Gasteiger partial charge on any atom is -0.444 e. The average Bonchev–Trinajstić information content (AvgIpc) is 2.56. The predicted molar refractivity (Wildman–Crippen MR) is 71.2 cm³/mol.